The van der Waals surface area contributed by atoms with Gasteiger partial charge in [0.05, 0.1) is 13.2 Å². The van der Waals surface area contributed by atoms with Crippen LogP contribution >= 0.6 is 11.3 Å². The Kier molecular flexibility index (Phi) is 4.16. The van der Waals surface area contributed by atoms with Crippen LogP contribution in [0.3, 0.4) is 0 Å². The van der Waals surface area contributed by atoms with Gasteiger partial charge in [-0.25, -0.2) is 0 Å². The van der Waals surface area contributed by atoms with Crippen molar-refractivity contribution in [3.8, 4) is 0 Å². The summed E-state index contributed by atoms with van der Waals surface area (Å²) >= 11 is 1.57. The number of aryl methyl sites for hydroxylation is 1. The van der Waals surface area contributed by atoms with Crippen LogP contribution in [0.4, 0.5) is 5.13 Å². The third-order valence-electron chi connectivity index (χ3n) is 3.80. The van der Waals surface area contributed by atoms with Gasteiger partial charge in [0.1, 0.15) is 5.01 Å². The minimum Gasteiger partial charge on any atom is -0.365 e. The standard InChI is InChI=1S/C13H20N4O2S/c1-10-14-15-13(20-10)17-7-8-19-11(9-17)12(18)16-5-3-2-4-6-16/h11H,2-9H2,1H3. The maximum absolute atomic E-state index is 12.5. The third-order valence-corrected chi connectivity index (χ3v) is 4.69. The quantitative estimate of drug-likeness (QED) is 0.817. The molecule has 2 saturated heterocycles. The van der Waals surface area contributed by atoms with Crippen molar-refractivity contribution in [2.24, 2.45) is 0 Å². The Labute approximate surface area is 122 Å². The van der Waals surface area contributed by atoms with E-state index in [9.17, 15) is 4.79 Å². The molecule has 2 fully saturated rings. The van der Waals surface area contributed by atoms with Crippen LogP contribution in [0.2, 0.25) is 0 Å². The summed E-state index contributed by atoms with van der Waals surface area (Å²) in [6, 6.07) is 0. The van der Waals surface area contributed by atoms with Gasteiger partial charge < -0.3 is 14.5 Å². The topological polar surface area (TPSA) is 58.6 Å². The van der Waals surface area contributed by atoms with Gasteiger partial charge >= 0.3 is 0 Å². The van der Waals surface area contributed by atoms with Crippen molar-refractivity contribution < 1.29 is 9.53 Å². The van der Waals surface area contributed by atoms with Crippen LogP contribution in [-0.4, -0.2) is 59.9 Å². The second-order valence-corrected chi connectivity index (χ2v) is 6.46. The summed E-state index contributed by atoms with van der Waals surface area (Å²) < 4.78 is 5.68. The number of anilines is 1. The second-order valence-electron chi connectivity index (χ2n) is 5.30. The normalized spacial score (nSPS) is 23.9. The number of piperidine rings is 1. The number of morpholine rings is 1. The van der Waals surface area contributed by atoms with Gasteiger partial charge in [0.15, 0.2) is 6.10 Å². The average molecular weight is 296 g/mol. The number of amides is 1. The van der Waals surface area contributed by atoms with E-state index in [1.807, 2.05) is 11.8 Å². The number of nitrogens with zero attached hydrogens (tertiary/aromatic N) is 4. The summed E-state index contributed by atoms with van der Waals surface area (Å²) in [5.74, 6) is 0.135. The van der Waals surface area contributed by atoms with Crippen LogP contribution in [0.1, 0.15) is 24.3 Å². The fourth-order valence-corrected chi connectivity index (χ4v) is 3.43. The molecule has 3 rings (SSSR count). The molecule has 3 heterocycles. The lowest BCUT2D eigenvalue weighted by Crippen LogP contribution is -2.52. The van der Waals surface area contributed by atoms with E-state index in [2.05, 4.69) is 15.1 Å². The molecule has 0 saturated carbocycles. The van der Waals surface area contributed by atoms with Crippen molar-refractivity contribution in [1.82, 2.24) is 15.1 Å². The lowest BCUT2D eigenvalue weighted by Gasteiger charge is -2.35. The molecule has 0 aliphatic carbocycles. The van der Waals surface area contributed by atoms with Gasteiger partial charge in [-0.3, -0.25) is 4.79 Å². The van der Waals surface area contributed by atoms with Gasteiger partial charge in [0.2, 0.25) is 5.13 Å². The van der Waals surface area contributed by atoms with E-state index in [1.165, 1.54) is 6.42 Å². The van der Waals surface area contributed by atoms with Crippen LogP contribution in [0.5, 0.6) is 0 Å². The smallest absolute Gasteiger partial charge is 0.253 e. The number of rotatable bonds is 2. The van der Waals surface area contributed by atoms with E-state index < -0.39 is 0 Å². The molecule has 1 aromatic heterocycles. The summed E-state index contributed by atoms with van der Waals surface area (Å²) in [5.41, 5.74) is 0. The first-order chi connectivity index (χ1) is 9.74. The maximum Gasteiger partial charge on any atom is 0.253 e. The van der Waals surface area contributed by atoms with E-state index in [0.717, 1.165) is 42.6 Å². The molecule has 1 atom stereocenters. The van der Waals surface area contributed by atoms with E-state index in [1.54, 1.807) is 11.3 Å². The summed E-state index contributed by atoms with van der Waals surface area (Å²) in [7, 11) is 0. The van der Waals surface area contributed by atoms with E-state index in [0.29, 0.717) is 13.2 Å². The zero-order valence-electron chi connectivity index (χ0n) is 11.7. The molecule has 1 unspecified atom stereocenters. The predicted molar refractivity (Wildman–Crippen MR) is 77.0 cm³/mol. The summed E-state index contributed by atoms with van der Waals surface area (Å²) in [6.07, 6.45) is 3.09. The third kappa shape index (κ3) is 2.93. The molecular formula is C13H20N4O2S. The molecule has 0 N–H and O–H groups in total. The zero-order valence-corrected chi connectivity index (χ0v) is 12.6. The van der Waals surface area contributed by atoms with Crippen molar-refractivity contribution in [3.63, 3.8) is 0 Å². The Balaban J connectivity index is 1.63. The van der Waals surface area contributed by atoms with E-state index in [4.69, 9.17) is 4.74 Å². The highest BCUT2D eigenvalue weighted by atomic mass is 32.1. The molecule has 1 amide bonds. The lowest BCUT2D eigenvalue weighted by molar-refractivity contribution is -0.145. The molecule has 0 radical (unpaired) electrons. The van der Waals surface area contributed by atoms with Crippen LogP contribution in [0.25, 0.3) is 0 Å². The summed E-state index contributed by atoms with van der Waals surface area (Å²) in [4.78, 5) is 16.5. The Morgan fingerprint density at radius 3 is 2.75 bits per heavy atom. The first kappa shape index (κ1) is 13.8. The van der Waals surface area contributed by atoms with Gasteiger partial charge in [0, 0.05) is 19.6 Å². The van der Waals surface area contributed by atoms with Gasteiger partial charge in [0.25, 0.3) is 5.91 Å². The molecule has 2 aliphatic rings. The van der Waals surface area contributed by atoms with Gasteiger partial charge in [-0.05, 0) is 26.2 Å². The highest BCUT2D eigenvalue weighted by Gasteiger charge is 2.31. The number of likely N-dealkylation sites (tertiary alicyclic amines) is 1. The average Bonchev–Trinajstić information content (AvgIpc) is 2.94. The molecule has 1 aromatic rings. The van der Waals surface area contributed by atoms with Crippen molar-refractivity contribution in [1.29, 1.82) is 0 Å². The molecule has 7 heteroatoms. The predicted octanol–water partition coefficient (Wildman–Crippen LogP) is 1.06. The van der Waals surface area contributed by atoms with Gasteiger partial charge in [-0.15, -0.1) is 10.2 Å². The lowest BCUT2D eigenvalue weighted by atomic mass is 10.1. The highest BCUT2D eigenvalue weighted by molar-refractivity contribution is 7.15. The largest absolute Gasteiger partial charge is 0.365 e. The molecule has 110 valence electrons. The van der Waals surface area contributed by atoms with Crippen LogP contribution < -0.4 is 4.90 Å². The molecule has 2 aliphatic heterocycles. The SMILES string of the molecule is Cc1nnc(N2CCOC(C(=O)N3CCCCC3)C2)s1. The molecule has 0 spiro atoms. The first-order valence-electron chi connectivity index (χ1n) is 7.19. The van der Waals surface area contributed by atoms with Crippen molar-refractivity contribution in [3.05, 3.63) is 5.01 Å². The minimum atomic E-state index is -0.356. The molecule has 20 heavy (non-hydrogen) atoms. The van der Waals surface area contributed by atoms with Gasteiger partial charge in [-0.1, -0.05) is 11.3 Å². The number of carbonyl (C=O) groups is 1. The Morgan fingerprint density at radius 2 is 2.05 bits per heavy atom. The second kappa shape index (κ2) is 6.05. The van der Waals surface area contributed by atoms with Crippen molar-refractivity contribution in [2.45, 2.75) is 32.3 Å². The monoisotopic (exact) mass is 296 g/mol. The molecular weight excluding hydrogens is 276 g/mol. The number of hydrogen-bond acceptors (Lipinski definition) is 6. The van der Waals surface area contributed by atoms with E-state index in [-0.39, 0.29) is 12.0 Å². The molecule has 0 aromatic carbocycles. The molecule has 0 bridgehead atoms. The number of ether oxygens (including phenoxy) is 1. The fourth-order valence-electron chi connectivity index (χ4n) is 2.70. The number of aromatic nitrogens is 2. The zero-order chi connectivity index (χ0) is 13.9. The Bertz CT molecular complexity index is 473. The van der Waals surface area contributed by atoms with Crippen LogP contribution in [0, 0.1) is 6.92 Å². The fraction of sp³-hybridized carbons (Fsp3) is 0.769. The minimum absolute atomic E-state index is 0.135. The number of carbonyl (C=O) groups excluding carboxylic acids is 1. The maximum atomic E-state index is 12.5. The number of hydrogen-bond donors (Lipinski definition) is 0. The first-order valence-corrected chi connectivity index (χ1v) is 8.01. The van der Waals surface area contributed by atoms with E-state index >= 15 is 0 Å². The van der Waals surface area contributed by atoms with Crippen LogP contribution in [-0.2, 0) is 9.53 Å². The Morgan fingerprint density at radius 1 is 1.25 bits per heavy atom. The summed E-state index contributed by atoms with van der Waals surface area (Å²) in [5, 5.41) is 10.0. The molecule has 6 nitrogen and oxygen atoms in total. The summed E-state index contributed by atoms with van der Waals surface area (Å²) in [6.45, 7) is 5.62. The van der Waals surface area contributed by atoms with Crippen molar-refractivity contribution in [2.75, 3.05) is 37.7 Å². The van der Waals surface area contributed by atoms with Crippen LogP contribution in [0.15, 0.2) is 0 Å². The highest BCUT2D eigenvalue weighted by Crippen LogP contribution is 2.22. The Hall–Kier alpha value is -1.21. The van der Waals surface area contributed by atoms with Gasteiger partial charge in [-0.2, -0.15) is 0 Å². The van der Waals surface area contributed by atoms with Crippen molar-refractivity contribution >= 4 is 22.4 Å².